The maximum Gasteiger partial charge on any atom is 0.226 e. The molecule has 6 nitrogen and oxygen atoms in total. The molecule has 0 aromatic heterocycles. The maximum absolute atomic E-state index is 12.1. The quantitative estimate of drug-likeness (QED) is 0.728. The van der Waals surface area contributed by atoms with Crippen LogP contribution in [-0.2, 0) is 4.79 Å². The number of nitrogens with one attached hydrogen (secondary N) is 2. The van der Waals surface area contributed by atoms with Crippen LogP contribution < -0.4 is 24.8 Å². The molecule has 0 fully saturated rings. The first kappa shape index (κ1) is 18.4. The van der Waals surface area contributed by atoms with E-state index in [1.54, 1.807) is 14.2 Å². The minimum absolute atomic E-state index is 0.0832. The summed E-state index contributed by atoms with van der Waals surface area (Å²) >= 11 is 0. The van der Waals surface area contributed by atoms with Crippen molar-refractivity contribution in [3.8, 4) is 17.2 Å². The average Bonchev–Trinajstić information content (AvgIpc) is 2.63. The van der Waals surface area contributed by atoms with Gasteiger partial charge in [-0.2, -0.15) is 0 Å². The van der Waals surface area contributed by atoms with E-state index in [4.69, 9.17) is 14.2 Å². The SMILES string of the molecule is CCOc1ccccc1NC(=O)CCNc1ccc(OC)c(OC)c1. The van der Waals surface area contributed by atoms with Gasteiger partial charge in [0.25, 0.3) is 0 Å². The first-order valence-electron chi connectivity index (χ1n) is 8.15. The van der Waals surface area contributed by atoms with Crippen LogP contribution in [0.3, 0.4) is 0 Å². The van der Waals surface area contributed by atoms with E-state index in [0.29, 0.717) is 42.5 Å². The monoisotopic (exact) mass is 344 g/mol. The van der Waals surface area contributed by atoms with E-state index in [2.05, 4.69) is 10.6 Å². The molecule has 134 valence electrons. The highest BCUT2D eigenvalue weighted by Gasteiger charge is 2.08. The summed E-state index contributed by atoms with van der Waals surface area (Å²) in [5.41, 5.74) is 1.54. The topological polar surface area (TPSA) is 68.8 Å². The lowest BCUT2D eigenvalue weighted by Crippen LogP contribution is -2.16. The molecular formula is C19H24N2O4. The molecule has 2 rings (SSSR count). The zero-order valence-corrected chi connectivity index (χ0v) is 14.8. The molecule has 0 atom stereocenters. The number of hydrogen-bond acceptors (Lipinski definition) is 5. The number of anilines is 2. The van der Waals surface area contributed by atoms with Gasteiger partial charge in [0.15, 0.2) is 11.5 Å². The van der Waals surface area contributed by atoms with Gasteiger partial charge in [-0.05, 0) is 31.2 Å². The van der Waals surface area contributed by atoms with Crippen molar-refractivity contribution >= 4 is 17.3 Å². The van der Waals surface area contributed by atoms with E-state index in [0.717, 1.165) is 5.69 Å². The number of para-hydroxylation sites is 2. The summed E-state index contributed by atoms with van der Waals surface area (Å²) in [6.07, 6.45) is 0.328. The summed E-state index contributed by atoms with van der Waals surface area (Å²) in [6.45, 7) is 2.96. The Morgan fingerprint density at radius 3 is 2.48 bits per heavy atom. The molecule has 0 radical (unpaired) electrons. The molecule has 2 aromatic rings. The predicted molar refractivity (Wildman–Crippen MR) is 98.9 cm³/mol. The lowest BCUT2D eigenvalue weighted by atomic mass is 10.2. The van der Waals surface area contributed by atoms with Crippen LogP contribution in [0, 0.1) is 0 Å². The number of carbonyl (C=O) groups excluding carboxylic acids is 1. The van der Waals surface area contributed by atoms with Gasteiger partial charge in [0.1, 0.15) is 5.75 Å². The van der Waals surface area contributed by atoms with E-state index in [1.807, 2.05) is 49.4 Å². The fraction of sp³-hybridized carbons (Fsp3) is 0.316. The lowest BCUT2D eigenvalue weighted by molar-refractivity contribution is -0.116. The van der Waals surface area contributed by atoms with Crippen molar-refractivity contribution < 1.29 is 19.0 Å². The number of benzene rings is 2. The molecular weight excluding hydrogens is 320 g/mol. The Hall–Kier alpha value is -2.89. The first-order valence-corrected chi connectivity index (χ1v) is 8.15. The third-order valence-electron chi connectivity index (χ3n) is 3.53. The molecule has 0 saturated heterocycles. The third-order valence-corrected chi connectivity index (χ3v) is 3.53. The van der Waals surface area contributed by atoms with Gasteiger partial charge < -0.3 is 24.8 Å². The van der Waals surface area contributed by atoms with E-state index in [9.17, 15) is 4.79 Å². The molecule has 6 heteroatoms. The summed E-state index contributed by atoms with van der Waals surface area (Å²) in [4.78, 5) is 12.1. The number of amides is 1. The Morgan fingerprint density at radius 2 is 1.76 bits per heavy atom. The molecule has 0 spiro atoms. The molecule has 2 N–H and O–H groups in total. The van der Waals surface area contributed by atoms with Gasteiger partial charge in [-0.1, -0.05) is 12.1 Å². The Labute approximate surface area is 148 Å². The maximum atomic E-state index is 12.1. The van der Waals surface area contributed by atoms with Crippen LogP contribution in [0.15, 0.2) is 42.5 Å². The highest BCUT2D eigenvalue weighted by Crippen LogP contribution is 2.29. The fourth-order valence-electron chi connectivity index (χ4n) is 2.33. The van der Waals surface area contributed by atoms with E-state index in [-0.39, 0.29) is 5.91 Å². The van der Waals surface area contributed by atoms with Crippen molar-refractivity contribution in [1.82, 2.24) is 0 Å². The van der Waals surface area contributed by atoms with Crippen molar-refractivity contribution in [3.05, 3.63) is 42.5 Å². The zero-order chi connectivity index (χ0) is 18.1. The molecule has 0 aliphatic carbocycles. The smallest absolute Gasteiger partial charge is 0.226 e. The largest absolute Gasteiger partial charge is 0.493 e. The fourth-order valence-corrected chi connectivity index (χ4v) is 2.33. The number of hydrogen-bond donors (Lipinski definition) is 2. The van der Waals surface area contributed by atoms with E-state index < -0.39 is 0 Å². The van der Waals surface area contributed by atoms with Gasteiger partial charge in [0.2, 0.25) is 5.91 Å². The van der Waals surface area contributed by atoms with Crippen LogP contribution in [0.4, 0.5) is 11.4 Å². The van der Waals surface area contributed by atoms with Gasteiger partial charge in [-0.15, -0.1) is 0 Å². The molecule has 0 aliphatic rings. The summed E-state index contributed by atoms with van der Waals surface area (Å²) in [5.74, 6) is 1.90. The number of carbonyl (C=O) groups is 1. The van der Waals surface area contributed by atoms with E-state index in [1.165, 1.54) is 0 Å². The normalized spacial score (nSPS) is 10.0. The Bertz CT molecular complexity index is 704. The van der Waals surface area contributed by atoms with Crippen LogP contribution in [0.25, 0.3) is 0 Å². The lowest BCUT2D eigenvalue weighted by Gasteiger charge is -2.12. The Balaban J connectivity index is 1.87. The third kappa shape index (κ3) is 5.31. The number of methoxy groups -OCH3 is 2. The summed E-state index contributed by atoms with van der Waals surface area (Å²) in [6, 6.07) is 12.9. The Morgan fingerprint density at radius 1 is 1.00 bits per heavy atom. The van der Waals surface area contributed by atoms with Crippen molar-refractivity contribution in [1.29, 1.82) is 0 Å². The molecule has 1 amide bonds. The first-order chi connectivity index (χ1) is 12.2. The molecule has 0 heterocycles. The minimum Gasteiger partial charge on any atom is -0.493 e. The van der Waals surface area contributed by atoms with Crippen molar-refractivity contribution in [2.24, 2.45) is 0 Å². The Kier molecular flexibility index (Phi) is 6.95. The van der Waals surface area contributed by atoms with Gasteiger partial charge in [0, 0.05) is 24.7 Å². The molecule has 0 bridgehead atoms. The van der Waals surface area contributed by atoms with Gasteiger partial charge >= 0.3 is 0 Å². The summed E-state index contributed by atoms with van der Waals surface area (Å²) < 4.78 is 16.0. The zero-order valence-electron chi connectivity index (χ0n) is 14.8. The predicted octanol–water partition coefficient (Wildman–Crippen LogP) is 3.54. The molecule has 25 heavy (non-hydrogen) atoms. The van der Waals surface area contributed by atoms with Crippen LogP contribution in [-0.4, -0.2) is 33.3 Å². The average molecular weight is 344 g/mol. The highest BCUT2D eigenvalue weighted by atomic mass is 16.5. The van der Waals surface area contributed by atoms with Crippen molar-refractivity contribution in [2.45, 2.75) is 13.3 Å². The second-order valence-corrected chi connectivity index (χ2v) is 5.22. The van der Waals surface area contributed by atoms with E-state index >= 15 is 0 Å². The van der Waals surface area contributed by atoms with Crippen LogP contribution >= 0.6 is 0 Å². The van der Waals surface area contributed by atoms with Gasteiger partial charge in [-0.3, -0.25) is 4.79 Å². The van der Waals surface area contributed by atoms with Crippen molar-refractivity contribution in [3.63, 3.8) is 0 Å². The summed E-state index contributed by atoms with van der Waals surface area (Å²) in [5, 5.41) is 6.07. The molecule has 0 aliphatic heterocycles. The second kappa shape index (κ2) is 9.42. The van der Waals surface area contributed by atoms with Gasteiger partial charge in [-0.25, -0.2) is 0 Å². The molecule has 0 saturated carbocycles. The second-order valence-electron chi connectivity index (χ2n) is 5.22. The van der Waals surface area contributed by atoms with Crippen LogP contribution in [0.5, 0.6) is 17.2 Å². The summed E-state index contributed by atoms with van der Waals surface area (Å²) in [7, 11) is 3.18. The van der Waals surface area contributed by atoms with Crippen LogP contribution in [0.1, 0.15) is 13.3 Å². The van der Waals surface area contributed by atoms with Gasteiger partial charge in [0.05, 0.1) is 26.5 Å². The molecule has 2 aromatic carbocycles. The minimum atomic E-state index is -0.0832. The standard InChI is InChI=1S/C19H24N2O4/c1-4-25-16-8-6-5-7-15(16)21-19(22)11-12-20-14-9-10-17(23-2)18(13-14)24-3/h5-10,13,20H,4,11-12H2,1-3H3,(H,21,22). The van der Waals surface area contributed by atoms with Crippen LogP contribution in [0.2, 0.25) is 0 Å². The molecule has 0 unspecified atom stereocenters. The van der Waals surface area contributed by atoms with Crippen molar-refractivity contribution in [2.75, 3.05) is 38.0 Å². The number of rotatable bonds is 9. The number of ether oxygens (including phenoxy) is 3. The highest BCUT2D eigenvalue weighted by molar-refractivity contribution is 5.92.